The molecule has 1 aromatic heterocycles. The molecule has 1 saturated carbocycles. The van der Waals surface area contributed by atoms with Gasteiger partial charge in [-0.3, -0.25) is 0 Å². The topological polar surface area (TPSA) is 60.8 Å². The van der Waals surface area contributed by atoms with Gasteiger partial charge in [0.1, 0.15) is 0 Å². The summed E-state index contributed by atoms with van der Waals surface area (Å²) in [6.45, 7) is 19.5. The highest BCUT2D eigenvalue weighted by Gasteiger charge is 2.53. The van der Waals surface area contributed by atoms with Crippen molar-refractivity contribution in [3.8, 4) is 0 Å². The van der Waals surface area contributed by atoms with Crippen LogP contribution in [0.25, 0.3) is 6.08 Å². The Morgan fingerprint density at radius 2 is 2.11 bits per heavy atom. The molecule has 1 saturated heterocycles. The molecule has 1 aromatic rings. The predicted octanol–water partition coefficient (Wildman–Crippen LogP) is 7.74. The van der Waals surface area contributed by atoms with Crippen molar-refractivity contribution < 1.29 is 19.0 Å². The lowest BCUT2D eigenvalue weighted by Crippen LogP contribution is -2.44. The monoisotopic (exact) mass is 537 g/mol. The number of ether oxygens (including phenoxy) is 2. The van der Waals surface area contributed by atoms with Gasteiger partial charge in [-0.25, -0.2) is 4.98 Å². The van der Waals surface area contributed by atoms with Crippen LogP contribution in [0.2, 0.25) is 18.1 Å². The van der Waals surface area contributed by atoms with Gasteiger partial charge in [-0.2, -0.15) is 0 Å². The van der Waals surface area contributed by atoms with Crippen LogP contribution in [-0.2, 0) is 13.9 Å². The second-order valence-corrected chi connectivity index (χ2v) is 18.7. The molecule has 1 aliphatic heterocycles. The molecule has 3 rings (SSSR count). The van der Waals surface area contributed by atoms with Gasteiger partial charge in [-0.15, -0.1) is 11.3 Å². The Morgan fingerprint density at radius 3 is 2.72 bits per heavy atom. The quantitative estimate of drug-likeness (QED) is 0.261. The first-order valence-electron chi connectivity index (χ1n) is 14.0. The van der Waals surface area contributed by atoms with Crippen molar-refractivity contribution in [3.63, 3.8) is 0 Å². The normalized spacial score (nSPS) is 27.2. The lowest BCUT2D eigenvalue weighted by Gasteiger charge is -2.40. The molecule has 0 aromatic carbocycles. The second kappa shape index (κ2) is 12.5. The van der Waals surface area contributed by atoms with Crippen molar-refractivity contribution in [2.75, 3.05) is 13.2 Å². The highest BCUT2D eigenvalue weighted by molar-refractivity contribution is 7.09. The van der Waals surface area contributed by atoms with Gasteiger partial charge in [0, 0.05) is 12.0 Å². The standard InChI is InChI=1S/C29H51NO4SSi/c1-21(19-33-27-13-9-10-15-32-27)12-11-14-29(31)18-24(29)17-26(34-36(7,8)28(4,5)6)22(2)16-25-20-35-23(3)30-25/h16,20-21,24,26-27,31H,9-15,17-19H2,1-8H3/b22-16+/t21-,24+,26-,27?,29+/m0/s1. The average molecular weight is 538 g/mol. The van der Waals surface area contributed by atoms with E-state index >= 15 is 0 Å². The third-order valence-corrected chi connectivity index (χ3v) is 13.8. The Kier molecular flexibility index (Phi) is 10.4. The third kappa shape index (κ3) is 8.74. The zero-order chi connectivity index (χ0) is 26.6. The smallest absolute Gasteiger partial charge is 0.192 e. The lowest BCUT2D eigenvalue weighted by atomic mass is 9.98. The molecule has 1 unspecified atom stereocenters. The number of thiazole rings is 1. The van der Waals surface area contributed by atoms with Crippen molar-refractivity contribution in [2.24, 2.45) is 11.8 Å². The maximum Gasteiger partial charge on any atom is 0.192 e. The Hall–Kier alpha value is -0.573. The molecule has 0 amide bonds. The minimum atomic E-state index is -1.96. The van der Waals surface area contributed by atoms with Gasteiger partial charge in [0.25, 0.3) is 0 Å². The molecular weight excluding hydrogens is 486 g/mol. The number of aryl methyl sites for hydroxylation is 1. The maximum absolute atomic E-state index is 11.3. The molecule has 0 bridgehead atoms. The van der Waals surface area contributed by atoms with Crippen molar-refractivity contribution >= 4 is 25.7 Å². The predicted molar refractivity (Wildman–Crippen MR) is 153 cm³/mol. The van der Waals surface area contributed by atoms with Crippen LogP contribution in [0, 0.1) is 18.8 Å². The van der Waals surface area contributed by atoms with Crippen LogP contribution in [0.15, 0.2) is 11.0 Å². The molecule has 0 radical (unpaired) electrons. The van der Waals surface area contributed by atoms with E-state index < -0.39 is 13.9 Å². The molecule has 1 aliphatic carbocycles. The van der Waals surface area contributed by atoms with E-state index in [0.29, 0.717) is 11.8 Å². The highest BCUT2D eigenvalue weighted by Crippen LogP contribution is 2.51. The highest BCUT2D eigenvalue weighted by atomic mass is 32.1. The number of rotatable bonds is 13. The van der Waals surface area contributed by atoms with Crippen LogP contribution < -0.4 is 0 Å². The first kappa shape index (κ1) is 30.0. The van der Waals surface area contributed by atoms with E-state index in [9.17, 15) is 5.11 Å². The minimum absolute atomic E-state index is 0.0134. The van der Waals surface area contributed by atoms with Crippen molar-refractivity contribution in [1.29, 1.82) is 0 Å². The second-order valence-electron chi connectivity index (χ2n) is 12.9. The third-order valence-electron chi connectivity index (χ3n) is 8.47. The molecule has 2 aliphatic rings. The first-order valence-corrected chi connectivity index (χ1v) is 17.8. The zero-order valence-corrected chi connectivity index (χ0v) is 25.9. The summed E-state index contributed by atoms with van der Waals surface area (Å²) in [5, 5.41) is 14.6. The van der Waals surface area contributed by atoms with Gasteiger partial charge in [-0.1, -0.05) is 34.1 Å². The molecule has 2 fully saturated rings. The van der Waals surface area contributed by atoms with Crippen molar-refractivity contribution in [3.05, 3.63) is 21.7 Å². The summed E-state index contributed by atoms with van der Waals surface area (Å²) in [5.74, 6) is 0.785. The number of aromatic nitrogens is 1. The van der Waals surface area contributed by atoms with Gasteiger partial charge >= 0.3 is 0 Å². The zero-order valence-electron chi connectivity index (χ0n) is 24.1. The molecule has 7 heteroatoms. The summed E-state index contributed by atoms with van der Waals surface area (Å²) in [5.41, 5.74) is 1.69. The van der Waals surface area contributed by atoms with Gasteiger partial charge in [-0.05, 0) is 100 Å². The number of hydrogen-bond acceptors (Lipinski definition) is 6. The van der Waals surface area contributed by atoms with Crippen molar-refractivity contribution in [2.45, 2.75) is 129 Å². The fourth-order valence-electron chi connectivity index (χ4n) is 4.82. The van der Waals surface area contributed by atoms with E-state index in [2.05, 4.69) is 64.2 Å². The van der Waals surface area contributed by atoms with Crippen molar-refractivity contribution in [1.82, 2.24) is 4.98 Å². The number of hydrogen-bond donors (Lipinski definition) is 1. The summed E-state index contributed by atoms with van der Waals surface area (Å²) in [6, 6.07) is 0. The minimum Gasteiger partial charge on any atom is -0.410 e. The SMILES string of the molecule is C/C(=C\c1csc(C)n1)[C@H](C[C@@H]1C[C@]1(O)CCC[C@H](C)COC1CCCCO1)O[Si](C)(C)C(C)(C)C. The Morgan fingerprint density at radius 1 is 1.36 bits per heavy atom. The van der Waals surface area contributed by atoms with Crippen LogP contribution in [0.5, 0.6) is 0 Å². The summed E-state index contributed by atoms with van der Waals surface area (Å²) in [6.07, 6.45) is 10.3. The molecule has 206 valence electrons. The average Bonchev–Trinajstić information content (AvgIpc) is 3.23. The van der Waals surface area contributed by atoms with E-state index in [-0.39, 0.29) is 17.4 Å². The van der Waals surface area contributed by atoms with Crippen LogP contribution >= 0.6 is 11.3 Å². The van der Waals surface area contributed by atoms with Crippen LogP contribution in [0.1, 0.15) is 96.7 Å². The van der Waals surface area contributed by atoms with Crippen LogP contribution in [0.4, 0.5) is 0 Å². The lowest BCUT2D eigenvalue weighted by molar-refractivity contribution is -0.168. The van der Waals surface area contributed by atoms with Gasteiger partial charge < -0.3 is 19.0 Å². The Balaban J connectivity index is 1.52. The molecule has 36 heavy (non-hydrogen) atoms. The van der Waals surface area contributed by atoms with Crippen LogP contribution in [-0.4, -0.2) is 49.6 Å². The fraction of sp³-hybridized carbons (Fsp3) is 0.828. The summed E-state index contributed by atoms with van der Waals surface area (Å²) in [7, 11) is -1.96. The van der Waals surface area contributed by atoms with E-state index in [1.165, 1.54) is 12.0 Å². The largest absolute Gasteiger partial charge is 0.410 e. The van der Waals surface area contributed by atoms with E-state index in [1.807, 2.05) is 6.92 Å². The maximum atomic E-state index is 11.3. The van der Waals surface area contributed by atoms with E-state index in [4.69, 9.17) is 13.9 Å². The van der Waals surface area contributed by atoms with E-state index in [0.717, 1.165) is 68.9 Å². The fourth-order valence-corrected chi connectivity index (χ4v) is 6.74. The summed E-state index contributed by atoms with van der Waals surface area (Å²) < 4.78 is 18.6. The van der Waals surface area contributed by atoms with Gasteiger partial charge in [0.2, 0.25) is 0 Å². The molecular formula is C29H51NO4SSi. The molecule has 2 heterocycles. The Bertz CT molecular complexity index is 858. The summed E-state index contributed by atoms with van der Waals surface area (Å²) >= 11 is 1.68. The van der Waals surface area contributed by atoms with Gasteiger partial charge in [0.05, 0.1) is 29.0 Å². The molecule has 1 N–H and O–H groups in total. The molecule has 5 atom stereocenters. The Labute approximate surface area is 225 Å². The van der Waals surface area contributed by atoms with E-state index in [1.54, 1.807) is 11.3 Å². The summed E-state index contributed by atoms with van der Waals surface area (Å²) in [4.78, 5) is 4.63. The first-order chi connectivity index (χ1) is 16.8. The number of aliphatic hydroxyl groups is 1. The van der Waals surface area contributed by atoms with Crippen LogP contribution in [0.3, 0.4) is 0 Å². The molecule has 5 nitrogen and oxygen atoms in total. The number of nitrogens with zero attached hydrogens (tertiary/aromatic N) is 1. The molecule has 0 spiro atoms. The van der Waals surface area contributed by atoms with Gasteiger partial charge in [0.15, 0.2) is 14.6 Å².